The van der Waals surface area contributed by atoms with Crippen molar-refractivity contribution in [3.8, 4) is 22.6 Å². The van der Waals surface area contributed by atoms with Crippen LogP contribution in [0.2, 0.25) is 0 Å². The minimum Gasteiger partial charge on any atom is -0.454 e. The Morgan fingerprint density at radius 2 is 1.78 bits per heavy atom. The maximum absolute atomic E-state index is 14.3. The van der Waals surface area contributed by atoms with Crippen molar-refractivity contribution in [2.75, 3.05) is 13.1 Å². The molecule has 1 aliphatic heterocycles. The summed E-state index contributed by atoms with van der Waals surface area (Å²) in [4.78, 5) is 24.7. The summed E-state index contributed by atoms with van der Waals surface area (Å²) < 4.78 is 60.6. The van der Waals surface area contributed by atoms with E-state index in [4.69, 9.17) is 4.74 Å². The van der Waals surface area contributed by atoms with Gasteiger partial charge in [-0.25, -0.2) is 17.6 Å². The highest BCUT2D eigenvalue weighted by Crippen LogP contribution is 2.41. The number of halogens is 4. The first-order valence-corrected chi connectivity index (χ1v) is 13.7. The number of thiophene rings is 1. The number of hydrogen-bond acceptors (Lipinski definition) is 5. The van der Waals surface area contributed by atoms with Crippen LogP contribution >= 0.6 is 11.3 Å². The number of alkyl halides is 2. The SMILES string of the molecule is Cc1cc2c(=O)n(C)cc(-c3cc(C(C)(C)O)ccc3Oc3ccc(F)cc3F)c2s1.O=CN1CCCC(F)(F)C1. The first-order chi connectivity index (χ1) is 19.2. The molecule has 0 atom stereocenters. The van der Waals surface area contributed by atoms with Crippen LogP contribution in [0, 0.1) is 18.6 Å². The summed E-state index contributed by atoms with van der Waals surface area (Å²) in [6.45, 7) is 5.32. The second kappa shape index (κ2) is 11.7. The number of aliphatic hydroxyl groups is 1. The smallest absolute Gasteiger partial charge is 0.265 e. The number of carbonyl (C=O) groups excluding carboxylic acids is 1. The van der Waals surface area contributed by atoms with Gasteiger partial charge in [-0.05, 0) is 63.1 Å². The number of pyridine rings is 1. The molecule has 0 unspecified atom stereocenters. The van der Waals surface area contributed by atoms with E-state index in [-0.39, 0.29) is 17.7 Å². The van der Waals surface area contributed by atoms with Gasteiger partial charge in [0.2, 0.25) is 6.41 Å². The molecule has 2 aromatic carbocycles. The number of benzene rings is 2. The summed E-state index contributed by atoms with van der Waals surface area (Å²) in [5, 5.41) is 11.1. The number of aryl methyl sites for hydroxylation is 2. The number of likely N-dealkylation sites (tertiary alicyclic amines) is 1. The van der Waals surface area contributed by atoms with Gasteiger partial charge in [0.25, 0.3) is 11.5 Å². The molecule has 4 aromatic rings. The zero-order valence-electron chi connectivity index (χ0n) is 23.0. The number of fused-ring (bicyclic) bond motifs is 1. The topological polar surface area (TPSA) is 71.8 Å². The normalized spacial score (nSPS) is 14.9. The molecule has 1 fully saturated rings. The predicted octanol–water partition coefficient (Wildman–Crippen LogP) is 6.75. The Kier molecular flexibility index (Phi) is 8.60. The summed E-state index contributed by atoms with van der Waals surface area (Å²) in [6, 6.07) is 10.0. The van der Waals surface area contributed by atoms with E-state index < -0.39 is 29.7 Å². The van der Waals surface area contributed by atoms with Gasteiger partial charge in [-0.3, -0.25) is 9.59 Å². The van der Waals surface area contributed by atoms with E-state index in [9.17, 15) is 32.3 Å². The third-order valence-electron chi connectivity index (χ3n) is 6.63. The Labute approximate surface area is 238 Å². The number of carbonyl (C=O) groups is 1. The standard InChI is InChI=1S/C24H21F2NO3S.C6H9F2NO/c1-13-9-17-22(31-13)18(12-27(4)23(17)28)16-10-14(24(2,3)29)5-7-20(16)30-21-8-6-15(25)11-19(21)26;7-6(8)2-1-3-9(4-6)5-10/h5-12,29H,1-4H3;5H,1-4H2. The van der Waals surface area contributed by atoms with Crippen LogP contribution in [0.25, 0.3) is 21.2 Å². The lowest BCUT2D eigenvalue weighted by Crippen LogP contribution is -2.41. The number of hydrogen-bond donors (Lipinski definition) is 1. The molecule has 1 saturated heterocycles. The Hall–Kier alpha value is -3.70. The Morgan fingerprint density at radius 1 is 1.07 bits per heavy atom. The summed E-state index contributed by atoms with van der Waals surface area (Å²) >= 11 is 1.47. The van der Waals surface area contributed by atoms with Crippen LogP contribution in [0.3, 0.4) is 0 Å². The van der Waals surface area contributed by atoms with Crippen molar-refractivity contribution in [1.29, 1.82) is 0 Å². The Morgan fingerprint density at radius 3 is 2.39 bits per heavy atom. The summed E-state index contributed by atoms with van der Waals surface area (Å²) in [5.41, 5.74) is 0.697. The number of aromatic nitrogens is 1. The van der Waals surface area contributed by atoms with Gasteiger partial charge in [-0.15, -0.1) is 11.3 Å². The zero-order chi connectivity index (χ0) is 30.1. The lowest BCUT2D eigenvalue weighted by atomic mass is 9.94. The number of rotatable bonds is 5. The lowest BCUT2D eigenvalue weighted by molar-refractivity contribution is -0.128. The Bertz CT molecular complexity index is 1640. The minimum absolute atomic E-state index is 0.0860. The highest BCUT2D eigenvalue weighted by molar-refractivity contribution is 7.19. The molecule has 1 amide bonds. The van der Waals surface area contributed by atoms with Gasteiger partial charge < -0.3 is 19.3 Å². The van der Waals surface area contributed by atoms with E-state index in [1.54, 1.807) is 45.3 Å². The van der Waals surface area contributed by atoms with E-state index in [2.05, 4.69) is 0 Å². The molecular formula is C30H30F4N2O4S. The maximum Gasteiger partial charge on any atom is 0.265 e. The fourth-order valence-electron chi connectivity index (χ4n) is 4.54. The molecule has 11 heteroatoms. The molecule has 1 N–H and O–H groups in total. The average molecular weight is 591 g/mol. The van der Waals surface area contributed by atoms with E-state index >= 15 is 0 Å². The first kappa shape index (κ1) is 30.3. The number of piperidine rings is 1. The number of nitrogens with zero attached hydrogens (tertiary/aromatic N) is 2. The highest BCUT2D eigenvalue weighted by Gasteiger charge is 2.34. The van der Waals surface area contributed by atoms with Crippen LogP contribution < -0.4 is 10.3 Å². The monoisotopic (exact) mass is 590 g/mol. The molecule has 0 bridgehead atoms. The van der Waals surface area contributed by atoms with E-state index in [1.807, 2.05) is 13.0 Å². The fourth-order valence-corrected chi connectivity index (χ4v) is 5.57. The molecule has 2 aromatic heterocycles. The predicted molar refractivity (Wildman–Crippen MR) is 151 cm³/mol. The summed E-state index contributed by atoms with van der Waals surface area (Å²) in [6.07, 6.45) is 2.51. The Balaban J connectivity index is 0.000000328. The zero-order valence-corrected chi connectivity index (χ0v) is 23.8. The molecule has 41 heavy (non-hydrogen) atoms. The van der Waals surface area contributed by atoms with Crippen molar-refractivity contribution in [3.05, 3.63) is 81.1 Å². The van der Waals surface area contributed by atoms with Gasteiger partial charge >= 0.3 is 0 Å². The molecule has 6 nitrogen and oxygen atoms in total. The molecule has 1 aliphatic rings. The third-order valence-corrected chi connectivity index (χ3v) is 7.72. The van der Waals surface area contributed by atoms with Gasteiger partial charge in [0.05, 0.1) is 17.5 Å². The molecule has 5 rings (SSSR count). The molecule has 3 heterocycles. The van der Waals surface area contributed by atoms with Gasteiger partial charge in [0.15, 0.2) is 11.6 Å². The van der Waals surface area contributed by atoms with Crippen molar-refractivity contribution < 1.29 is 32.2 Å². The average Bonchev–Trinajstić information content (AvgIpc) is 3.29. The second-order valence-electron chi connectivity index (χ2n) is 10.5. The van der Waals surface area contributed by atoms with Crippen LogP contribution in [0.5, 0.6) is 11.5 Å². The quantitative estimate of drug-likeness (QED) is 0.206. The lowest BCUT2D eigenvalue weighted by Gasteiger charge is -2.29. The van der Waals surface area contributed by atoms with Crippen molar-refractivity contribution in [1.82, 2.24) is 9.47 Å². The largest absolute Gasteiger partial charge is 0.454 e. The molecule has 0 radical (unpaired) electrons. The number of amides is 1. The minimum atomic E-state index is -2.65. The highest BCUT2D eigenvalue weighted by atomic mass is 32.1. The van der Waals surface area contributed by atoms with Gasteiger partial charge in [0.1, 0.15) is 11.6 Å². The van der Waals surface area contributed by atoms with Crippen LogP contribution in [0.4, 0.5) is 17.6 Å². The van der Waals surface area contributed by atoms with Crippen LogP contribution in [0.15, 0.2) is 53.5 Å². The molecule has 218 valence electrons. The molecule has 0 spiro atoms. The molecule has 0 saturated carbocycles. The van der Waals surface area contributed by atoms with Crippen molar-refractivity contribution >= 4 is 27.8 Å². The van der Waals surface area contributed by atoms with Crippen molar-refractivity contribution in [2.24, 2.45) is 7.05 Å². The van der Waals surface area contributed by atoms with Crippen LogP contribution in [0.1, 0.15) is 37.1 Å². The molecule has 0 aliphatic carbocycles. The van der Waals surface area contributed by atoms with E-state index in [0.717, 1.165) is 32.2 Å². The summed E-state index contributed by atoms with van der Waals surface area (Å²) in [5.74, 6) is -3.97. The number of ether oxygens (including phenoxy) is 1. The van der Waals surface area contributed by atoms with E-state index in [0.29, 0.717) is 41.6 Å². The van der Waals surface area contributed by atoms with Crippen LogP contribution in [-0.4, -0.2) is 40.0 Å². The fraction of sp³-hybridized carbons (Fsp3) is 0.333. The van der Waals surface area contributed by atoms with Crippen LogP contribution in [-0.2, 0) is 17.4 Å². The van der Waals surface area contributed by atoms with Gasteiger partial charge in [-0.2, -0.15) is 0 Å². The van der Waals surface area contributed by atoms with Gasteiger partial charge in [0, 0.05) is 53.0 Å². The van der Waals surface area contributed by atoms with Gasteiger partial charge in [-0.1, -0.05) is 6.07 Å². The maximum atomic E-state index is 14.3. The first-order valence-electron chi connectivity index (χ1n) is 12.9. The second-order valence-corrected chi connectivity index (χ2v) is 11.8. The summed E-state index contributed by atoms with van der Waals surface area (Å²) in [7, 11) is 1.66. The van der Waals surface area contributed by atoms with Crippen molar-refractivity contribution in [3.63, 3.8) is 0 Å². The van der Waals surface area contributed by atoms with Crippen molar-refractivity contribution in [2.45, 2.75) is 45.1 Å². The van der Waals surface area contributed by atoms with E-state index in [1.165, 1.54) is 22.0 Å². The molecular weight excluding hydrogens is 560 g/mol. The third kappa shape index (κ3) is 6.97.